The van der Waals surface area contributed by atoms with Gasteiger partial charge in [0.15, 0.2) is 0 Å². The third-order valence-corrected chi connectivity index (χ3v) is 6.16. The lowest BCUT2D eigenvalue weighted by molar-refractivity contribution is -0.146. The first-order valence-electron chi connectivity index (χ1n) is 9.81. The molecule has 150 valence electrons. The molecule has 28 heavy (non-hydrogen) atoms. The summed E-state index contributed by atoms with van der Waals surface area (Å²) >= 11 is 0. The van der Waals surface area contributed by atoms with E-state index in [-0.39, 0.29) is 17.1 Å². The van der Waals surface area contributed by atoms with Gasteiger partial charge in [0.25, 0.3) is 0 Å². The van der Waals surface area contributed by atoms with Gasteiger partial charge in [-0.3, -0.25) is 9.69 Å². The minimum absolute atomic E-state index is 0.156. The maximum Gasteiger partial charge on any atom is 0.230 e. The number of aromatic nitrogens is 2. The Morgan fingerprint density at radius 1 is 1.25 bits per heavy atom. The summed E-state index contributed by atoms with van der Waals surface area (Å²) in [5.74, 6) is 1.48. The minimum atomic E-state index is -0.348. The molecule has 1 atom stereocenters. The average molecular weight is 386 g/mol. The summed E-state index contributed by atoms with van der Waals surface area (Å²) in [6, 6.07) is 4.69. The molecule has 0 saturated carbocycles. The normalized spacial score (nSPS) is 23.0. The van der Waals surface area contributed by atoms with E-state index in [0.29, 0.717) is 24.4 Å². The molecular formula is C21H27FN4O2. The van der Waals surface area contributed by atoms with E-state index in [1.807, 2.05) is 22.7 Å². The molecule has 0 radical (unpaired) electrons. The van der Waals surface area contributed by atoms with E-state index in [0.717, 1.165) is 44.7 Å². The smallest absolute Gasteiger partial charge is 0.230 e. The van der Waals surface area contributed by atoms with Crippen molar-refractivity contribution in [1.82, 2.24) is 19.4 Å². The maximum absolute atomic E-state index is 14.3. The van der Waals surface area contributed by atoms with Crippen LogP contribution < -0.4 is 4.74 Å². The van der Waals surface area contributed by atoms with Crippen LogP contribution in [0.25, 0.3) is 0 Å². The first-order chi connectivity index (χ1) is 13.5. The van der Waals surface area contributed by atoms with Gasteiger partial charge in [0.2, 0.25) is 5.91 Å². The number of amides is 1. The fraction of sp³-hybridized carbons (Fsp3) is 0.524. The molecule has 2 saturated heterocycles. The van der Waals surface area contributed by atoms with Crippen molar-refractivity contribution in [2.24, 2.45) is 12.5 Å². The average Bonchev–Trinajstić information content (AvgIpc) is 3.28. The Kier molecular flexibility index (Phi) is 5.10. The zero-order chi connectivity index (χ0) is 19.7. The maximum atomic E-state index is 14.3. The van der Waals surface area contributed by atoms with Gasteiger partial charge in [0.1, 0.15) is 17.4 Å². The number of benzene rings is 1. The Morgan fingerprint density at radius 2 is 2.11 bits per heavy atom. The second kappa shape index (κ2) is 7.54. The van der Waals surface area contributed by atoms with E-state index in [1.54, 1.807) is 25.4 Å². The molecule has 2 aromatic rings. The lowest BCUT2D eigenvalue weighted by Crippen LogP contribution is -2.49. The van der Waals surface area contributed by atoms with Crippen LogP contribution in [0, 0.1) is 11.2 Å². The molecule has 1 amide bonds. The van der Waals surface area contributed by atoms with E-state index in [2.05, 4.69) is 9.88 Å². The van der Waals surface area contributed by atoms with Crippen LogP contribution in [0.1, 0.15) is 30.7 Å². The van der Waals surface area contributed by atoms with Crippen LogP contribution in [0.5, 0.6) is 5.75 Å². The van der Waals surface area contributed by atoms with Gasteiger partial charge in [0.05, 0.1) is 19.1 Å². The van der Waals surface area contributed by atoms with Gasteiger partial charge in [-0.2, -0.15) is 0 Å². The highest BCUT2D eigenvalue weighted by atomic mass is 19.1. The van der Waals surface area contributed by atoms with Gasteiger partial charge >= 0.3 is 0 Å². The van der Waals surface area contributed by atoms with Crippen LogP contribution in [0.15, 0.2) is 30.6 Å². The number of hydrogen-bond acceptors (Lipinski definition) is 4. The number of likely N-dealkylation sites (tertiary alicyclic amines) is 2. The van der Waals surface area contributed by atoms with Crippen molar-refractivity contribution in [2.75, 3.05) is 26.7 Å². The summed E-state index contributed by atoms with van der Waals surface area (Å²) in [5.41, 5.74) is 0.159. The highest BCUT2D eigenvalue weighted by molar-refractivity contribution is 5.84. The molecule has 1 aromatic carbocycles. The second-order valence-electron chi connectivity index (χ2n) is 7.98. The zero-order valence-electron chi connectivity index (χ0n) is 16.5. The van der Waals surface area contributed by atoms with Gasteiger partial charge in [-0.05, 0) is 44.0 Å². The van der Waals surface area contributed by atoms with Crippen LogP contribution in [0.3, 0.4) is 0 Å². The Balaban J connectivity index is 1.47. The first-order valence-corrected chi connectivity index (χ1v) is 9.81. The highest BCUT2D eigenvalue weighted by Gasteiger charge is 2.48. The standard InChI is InChI=1S/C21H27FN4O2/c1-24-11-8-23-19(24)14-25-10-7-21(15-25)6-3-9-26(20(21)27)13-16-12-17(28-2)4-5-18(16)22/h4-5,8,11-12H,3,6-7,9-10,13-15H2,1-2H3/t21-/m1/s1. The summed E-state index contributed by atoms with van der Waals surface area (Å²) in [6.45, 7) is 3.36. The summed E-state index contributed by atoms with van der Waals surface area (Å²) in [5, 5.41) is 0. The molecule has 0 unspecified atom stereocenters. The monoisotopic (exact) mass is 386 g/mol. The molecule has 2 aliphatic rings. The zero-order valence-corrected chi connectivity index (χ0v) is 16.5. The molecule has 1 spiro atoms. The van der Waals surface area contributed by atoms with Crippen molar-refractivity contribution in [1.29, 1.82) is 0 Å². The number of imidazole rings is 1. The molecule has 0 aliphatic carbocycles. The fourth-order valence-electron chi connectivity index (χ4n) is 4.53. The van der Waals surface area contributed by atoms with Gasteiger partial charge in [-0.15, -0.1) is 0 Å². The summed E-state index contributed by atoms with van der Waals surface area (Å²) in [7, 11) is 3.55. The number of carbonyl (C=O) groups excluding carboxylic acids is 1. The van der Waals surface area contributed by atoms with Crippen LogP contribution >= 0.6 is 0 Å². The fourth-order valence-corrected chi connectivity index (χ4v) is 4.53. The van der Waals surface area contributed by atoms with Crippen molar-refractivity contribution in [2.45, 2.75) is 32.4 Å². The van der Waals surface area contributed by atoms with E-state index < -0.39 is 0 Å². The number of aryl methyl sites for hydroxylation is 1. The number of carbonyl (C=O) groups is 1. The molecular weight excluding hydrogens is 359 g/mol. The Morgan fingerprint density at radius 3 is 2.86 bits per heavy atom. The summed E-state index contributed by atoms with van der Waals surface area (Å²) in [4.78, 5) is 21.9. The van der Waals surface area contributed by atoms with Gasteiger partial charge in [-0.1, -0.05) is 0 Å². The number of hydrogen-bond donors (Lipinski definition) is 0. The van der Waals surface area contributed by atoms with Gasteiger partial charge in [0, 0.05) is 44.6 Å². The topological polar surface area (TPSA) is 50.6 Å². The van der Waals surface area contributed by atoms with E-state index in [9.17, 15) is 9.18 Å². The molecule has 6 nitrogen and oxygen atoms in total. The predicted molar refractivity (Wildman–Crippen MR) is 103 cm³/mol. The number of halogens is 1. The van der Waals surface area contributed by atoms with Crippen molar-refractivity contribution in [3.05, 3.63) is 47.8 Å². The number of piperidine rings is 1. The number of ether oxygens (including phenoxy) is 1. The molecule has 2 fully saturated rings. The van der Waals surface area contributed by atoms with Crippen LogP contribution in [0.2, 0.25) is 0 Å². The second-order valence-corrected chi connectivity index (χ2v) is 7.98. The molecule has 0 bridgehead atoms. The van der Waals surface area contributed by atoms with Crippen molar-refractivity contribution >= 4 is 5.91 Å². The third-order valence-electron chi connectivity index (χ3n) is 6.16. The predicted octanol–water partition coefficient (Wildman–Crippen LogP) is 2.58. The first kappa shape index (κ1) is 18.9. The van der Waals surface area contributed by atoms with Gasteiger partial charge < -0.3 is 14.2 Å². The lowest BCUT2D eigenvalue weighted by atomic mass is 9.78. The molecule has 4 rings (SSSR count). The van der Waals surface area contributed by atoms with Crippen LogP contribution in [-0.4, -0.2) is 52.0 Å². The molecule has 2 aliphatic heterocycles. The molecule has 1 aromatic heterocycles. The van der Waals surface area contributed by atoms with E-state index in [1.165, 1.54) is 6.07 Å². The van der Waals surface area contributed by atoms with E-state index in [4.69, 9.17) is 4.74 Å². The van der Waals surface area contributed by atoms with E-state index >= 15 is 0 Å². The van der Waals surface area contributed by atoms with Crippen molar-refractivity contribution in [3.8, 4) is 5.75 Å². The summed E-state index contributed by atoms with van der Waals surface area (Å²) in [6.07, 6.45) is 6.45. The quantitative estimate of drug-likeness (QED) is 0.793. The SMILES string of the molecule is COc1ccc(F)c(CN2CCC[C@]3(CCN(Cc4nccn4C)C3)C2=O)c1. The van der Waals surface area contributed by atoms with Crippen molar-refractivity contribution < 1.29 is 13.9 Å². The minimum Gasteiger partial charge on any atom is -0.497 e. The number of nitrogens with zero attached hydrogens (tertiary/aromatic N) is 4. The van der Waals surface area contributed by atoms with Crippen molar-refractivity contribution in [3.63, 3.8) is 0 Å². The molecule has 3 heterocycles. The number of methoxy groups -OCH3 is 1. The molecule has 7 heteroatoms. The highest BCUT2D eigenvalue weighted by Crippen LogP contribution is 2.41. The Labute approximate surface area is 164 Å². The Bertz CT molecular complexity index is 868. The number of rotatable bonds is 5. The summed E-state index contributed by atoms with van der Waals surface area (Å²) < 4.78 is 21.5. The van der Waals surface area contributed by atoms with Gasteiger partial charge in [-0.25, -0.2) is 9.37 Å². The van der Waals surface area contributed by atoms with Crippen LogP contribution in [0.4, 0.5) is 4.39 Å². The Hall–Kier alpha value is -2.41. The molecule has 0 N–H and O–H groups in total. The third kappa shape index (κ3) is 3.51. The largest absolute Gasteiger partial charge is 0.497 e. The van der Waals surface area contributed by atoms with Crippen LogP contribution in [-0.2, 0) is 24.9 Å². The lowest BCUT2D eigenvalue weighted by Gasteiger charge is -2.39.